The summed E-state index contributed by atoms with van der Waals surface area (Å²) < 4.78 is 5.34. The van der Waals surface area contributed by atoms with E-state index >= 15 is 0 Å². The van der Waals surface area contributed by atoms with Gasteiger partial charge in [0.25, 0.3) is 0 Å². The van der Waals surface area contributed by atoms with Crippen LogP contribution in [0.15, 0.2) is 24.3 Å². The number of hydrogen-bond acceptors (Lipinski definition) is 4. The highest BCUT2D eigenvalue weighted by Crippen LogP contribution is 2.23. The summed E-state index contributed by atoms with van der Waals surface area (Å²) in [6.45, 7) is 2.87. The molecule has 102 valence electrons. The van der Waals surface area contributed by atoms with Gasteiger partial charge in [0, 0.05) is 31.2 Å². The molecule has 0 aliphatic heterocycles. The number of likely N-dealkylation sites (N-methyl/N-ethyl adjacent to an activating group) is 2. The molecule has 1 atom stereocenters. The number of nitrogens with two attached hydrogens (primary N) is 1. The lowest BCUT2D eigenvalue weighted by Gasteiger charge is -2.24. The Balaban J connectivity index is 2.56. The van der Waals surface area contributed by atoms with Crippen LogP contribution in [-0.2, 0) is 0 Å². The number of hydrogen-bond donors (Lipinski definition) is 1. The van der Waals surface area contributed by atoms with Crippen LogP contribution >= 0.6 is 0 Å². The van der Waals surface area contributed by atoms with Gasteiger partial charge >= 0.3 is 0 Å². The Morgan fingerprint density at radius 1 is 1.17 bits per heavy atom. The maximum atomic E-state index is 6.24. The third-order valence-corrected chi connectivity index (χ3v) is 2.98. The van der Waals surface area contributed by atoms with Crippen LogP contribution in [0.3, 0.4) is 0 Å². The predicted octanol–water partition coefficient (Wildman–Crippen LogP) is 1.19. The summed E-state index contributed by atoms with van der Waals surface area (Å²) in [5.74, 6) is 0.867. The number of ether oxygens (including phenoxy) is 1. The molecule has 0 radical (unpaired) electrons. The van der Waals surface area contributed by atoms with Gasteiger partial charge in [-0.3, -0.25) is 0 Å². The van der Waals surface area contributed by atoms with E-state index in [1.54, 1.807) is 7.11 Å². The van der Waals surface area contributed by atoms with Crippen molar-refractivity contribution >= 4 is 0 Å². The first-order valence-electron chi connectivity index (χ1n) is 6.26. The molecule has 1 rings (SSSR count). The summed E-state index contributed by atoms with van der Waals surface area (Å²) in [6, 6.07) is 7.93. The van der Waals surface area contributed by atoms with Gasteiger partial charge < -0.3 is 20.3 Å². The number of methoxy groups -OCH3 is 1. The average Bonchev–Trinajstić information content (AvgIpc) is 2.36. The Morgan fingerprint density at radius 3 is 2.44 bits per heavy atom. The molecule has 0 aliphatic rings. The van der Waals surface area contributed by atoms with E-state index in [2.05, 4.69) is 30.9 Å². The lowest BCUT2D eigenvalue weighted by molar-refractivity contribution is 0.268. The summed E-state index contributed by atoms with van der Waals surface area (Å²) >= 11 is 0. The molecule has 0 aliphatic carbocycles. The zero-order valence-corrected chi connectivity index (χ0v) is 11.9. The first-order valence-corrected chi connectivity index (χ1v) is 6.26. The molecule has 1 aromatic rings. The molecule has 0 aromatic heterocycles. The van der Waals surface area contributed by atoms with E-state index in [4.69, 9.17) is 10.5 Å². The standard InChI is InChI=1S/C14H25N3O/c1-16(2)9-10-17(3)11-13(15)12-7-5-6-8-14(12)18-4/h5-8,13H,9-11,15H2,1-4H3. The lowest BCUT2D eigenvalue weighted by Crippen LogP contribution is -2.34. The molecule has 2 N–H and O–H groups in total. The highest BCUT2D eigenvalue weighted by molar-refractivity contribution is 5.35. The van der Waals surface area contributed by atoms with Gasteiger partial charge in [0.05, 0.1) is 7.11 Å². The fourth-order valence-electron chi connectivity index (χ4n) is 1.87. The van der Waals surface area contributed by atoms with E-state index in [9.17, 15) is 0 Å². The molecule has 1 unspecified atom stereocenters. The van der Waals surface area contributed by atoms with Crippen molar-refractivity contribution in [1.82, 2.24) is 9.80 Å². The van der Waals surface area contributed by atoms with Crippen molar-refractivity contribution in [1.29, 1.82) is 0 Å². The van der Waals surface area contributed by atoms with Crippen LogP contribution in [0.25, 0.3) is 0 Å². The van der Waals surface area contributed by atoms with E-state index in [0.717, 1.165) is 30.9 Å². The molecule has 0 heterocycles. The molecular weight excluding hydrogens is 226 g/mol. The van der Waals surface area contributed by atoms with Gasteiger partial charge in [-0.25, -0.2) is 0 Å². The molecule has 18 heavy (non-hydrogen) atoms. The highest BCUT2D eigenvalue weighted by atomic mass is 16.5. The Kier molecular flexibility index (Phi) is 6.12. The Bertz CT molecular complexity index is 355. The van der Waals surface area contributed by atoms with Gasteiger partial charge in [-0.1, -0.05) is 18.2 Å². The van der Waals surface area contributed by atoms with E-state index < -0.39 is 0 Å². The average molecular weight is 251 g/mol. The number of para-hydroxylation sites is 1. The van der Waals surface area contributed by atoms with E-state index in [1.807, 2.05) is 24.3 Å². The molecule has 1 aromatic carbocycles. The van der Waals surface area contributed by atoms with Crippen molar-refractivity contribution in [3.05, 3.63) is 29.8 Å². The fraction of sp³-hybridized carbons (Fsp3) is 0.571. The Labute approximate surface area is 110 Å². The fourth-order valence-corrected chi connectivity index (χ4v) is 1.87. The number of rotatable bonds is 7. The lowest BCUT2D eigenvalue weighted by atomic mass is 10.1. The molecular formula is C14H25N3O. The van der Waals surface area contributed by atoms with Gasteiger partial charge in [0.2, 0.25) is 0 Å². The second-order valence-corrected chi connectivity index (χ2v) is 4.91. The van der Waals surface area contributed by atoms with Crippen LogP contribution in [0, 0.1) is 0 Å². The van der Waals surface area contributed by atoms with E-state index in [0.29, 0.717) is 0 Å². The number of benzene rings is 1. The largest absolute Gasteiger partial charge is 0.496 e. The zero-order chi connectivity index (χ0) is 13.5. The molecule has 4 heteroatoms. The Morgan fingerprint density at radius 2 is 1.83 bits per heavy atom. The SMILES string of the molecule is COc1ccccc1C(N)CN(C)CCN(C)C. The minimum absolute atomic E-state index is 0.0201. The number of nitrogens with zero attached hydrogens (tertiary/aromatic N) is 2. The van der Waals surface area contributed by atoms with Crippen LogP contribution in [0.4, 0.5) is 0 Å². The third kappa shape index (κ3) is 4.64. The maximum absolute atomic E-state index is 6.24. The third-order valence-electron chi connectivity index (χ3n) is 2.98. The van der Waals surface area contributed by atoms with Gasteiger partial charge in [-0.15, -0.1) is 0 Å². The van der Waals surface area contributed by atoms with Gasteiger partial charge in [0.15, 0.2) is 0 Å². The summed E-state index contributed by atoms with van der Waals surface area (Å²) in [5.41, 5.74) is 7.31. The first kappa shape index (κ1) is 15.0. The van der Waals surface area contributed by atoms with Crippen molar-refractivity contribution in [2.75, 3.05) is 47.9 Å². The highest BCUT2D eigenvalue weighted by Gasteiger charge is 2.13. The van der Waals surface area contributed by atoms with Crippen LogP contribution < -0.4 is 10.5 Å². The normalized spacial score (nSPS) is 13.1. The van der Waals surface area contributed by atoms with Crippen molar-refractivity contribution < 1.29 is 4.74 Å². The van der Waals surface area contributed by atoms with Gasteiger partial charge in [-0.05, 0) is 27.2 Å². The predicted molar refractivity (Wildman–Crippen MR) is 76.0 cm³/mol. The van der Waals surface area contributed by atoms with Crippen LogP contribution in [0.1, 0.15) is 11.6 Å². The second kappa shape index (κ2) is 7.36. The maximum Gasteiger partial charge on any atom is 0.123 e. The zero-order valence-electron chi connectivity index (χ0n) is 11.9. The van der Waals surface area contributed by atoms with Gasteiger partial charge in [0.1, 0.15) is 5.75 Å². The molecule has 0 fully saturated rings. The summed E-state index contributed by atoms with van der Waals surface area (Å²) in [5, 5.41) is 0. The Hall–Kier alpha value is -1.10. The van der Waals surface area contributed by atoms with Crippen molar-refractivity contribution in [2.45, 2.75) is 6.04 Å². The summed E-state index contributed by atoms with van der Waals surface area (Å²) in [7, 11) is 7.93. The summed E-state index contributed by atoms with van der Waals surface area (Å²) in [6.07, 6.45) is 0. The van der Waals surface area contributed by atoms with Crippen molar-refractivity contribution in [3.8, 4) is 5.75 Å². The van der Waals surface area contributed by atoms with Crippen LogP contribution in [-0.4, -0.2) is 57.7 Å². The smallest absolute Gasteiger partial charge is 0.123 e. The molecule has 0 bridgehead atoms. The topological polar surface area (TPSA) is 41.7 Å². The minimum Gasteiger partial charge on any atom is -0.496 e. The van der Waals surface area contributed by atoms with Crippen LogP contribution in [0.2, 0.25) is 0 Å². The quantitative estimate of drug-likeness (QED) is 0.790. The monoisotopic (exact) mass is 251 g/mol. The molecule has 0 spiro atoms. The first-order chi connectivity index (χ1) is 8.54. The van der Waals surface area contributed by atoms with Crippen molar-refractivity contribution in [3.63, 3.8) is 0 Å². The van der Waals surface area contributed by atoms with Crippen LogP contribution in [0.5, 0.6) is 5.75 Å². The second-order valence-electron chi connectivity index (χ2n) is 4.91. The van der Waals surface area contributed by atoms with E-state index in [1.165, 1.54) is 0 Å². The molecule has 0 amide bonds. The molecule has 0 saturated carbocycles. The minimum atomic E-state index is -0.0201. The molecule has 4 nitrogen and oxygen atoms in total. The van der Waals surface area contributed by atoms with Crippen molar-refractivity contribution in [2.24, 2.45) is 5.73 Å². The van der Waals surface area contributed by atoms with E-state index in [-0.39, 0.29) is 6.04 Å². The van der Waals surface area contributed by atoms with Gasteiger partial charge in [-0.2, -0.15) is 0 Å². The summed E-state index contributed by atoms with van der Waals surface area (Å²) in [4.78, 5) is 4.42. The molecule has 0 saturated heterocycles.